The van der Waals surface area contributed by atoms with Gasteiger partial charge < -0.3 is 14.8 Å². The molecule has 0 saturated carbocycles. The molecule has 0 aliphatic carbocycles. The van der Waals surface area contributed by atoms with Crippen molar-refractivity contribution in [3.05, 3.63) is 0 Å². The molecule has 0 aromatic carbocycles. The molecule has 1 N–H and O–H groups in total. The van der Waals surface area contributed by atoms with E-state index < -0.39 is 11.5 Å². The van der Waals surface area contributed by atoms with Crippen molar-refractivity contribution in [2.45, 2.75) is 31.5 Å². The summed E-state index contributed by atoms with van der Waals surface area (Å²) in [5, 5.41) is 3.45. The summed E-state index contributed by atoms with van der Waals surface area (Å²) in [4.78, 5) is 24.0. The summed E-state index contributed by atoms with van der Waals surface area (Å²) in [6, 6.07) is 0.203. The van der Waals surface area contributed by atoms with Gasteiger partial charge in [0.2, 0.25) is 5.95 Å². The van der Waals surface area contributed by atoms with Crippen LogP contribution in [0.25, 0.3) is 0 Å². The molecule has 0 bridgehead atoms. The van der Waals surface area contributed by atoms with Gasteiger partial charge in [0, 0.05) is 0 Å². The Morgan fingerprint density at radius 3 is 2.53 bits per heavy atom. The number of methoxy groups -OCH3 is 2. The first-order valence-corrected chi connectivity index (χ1v) is 6.71. The monoisotopic (exact) mass is 286 g/mol. The van der Waals surface area contributed by atoms with Crippen LogP contribution in [0.5, 0.6) is 6.01 Å². The number of esters is 1. The van der Waals surface area contributed by atoms with Crippen LogP contribution in [0, 0.1) is 0 Å². The van der Waals surface area contributed by atoms with Gasteiger partial charge in [0.05, 0.1) is 14.2 Å². The van der Waals surface area contributed by atoms with Crippen LogP contribution in [0.1, 0.15) is 20.8 Å². The zero-order valence-electron chi connectivity index (χ0n) is 11.7. The minimum Gasteiger partial charge on any atom is -0.467 e. The Morgan fingerprint density at radius 1 is 1.32 bits per heavy atom. The van der Waals surface area contributed by atoms with Gasteiger partial charge >= 0.3 is 12.0 Å². The molecule has 0 aliphatic rings. The van der Waals surface area contributed by atoms with E-state index in [1.54, 1.807) is 13.8 Å². The minimum atomic E-state index is -0.935. The molecule has 7 nitrogen and oxygen atoms in total. The molecular formula is C11H18N4O3S. The van der Waals surface area contributed by atoms with Crippen LogP contribution in [0.4, 0.5) is 5.95 Å². The average Bonchev–Trinajstić information content (AvgIpc) is 2.37. The predicted molar refractivity (Wildman–Crippen MR) is 72.5 cm³/mol. The normalized spacial score (nSPS) is 11.0. The van der Waals surface area contributed by atoms with Crippen molar-refractivity contribution in [3.63, 3.8) is 0 Å². The van der Waals surface area contributed by atoms with Crippen LogP contribution in [-0.2, 0) is 9.53 Å². The standard InChI is InChI=1S/C11H18N4O3S/c1-6-19-10-13-8(12-9(14-10)18-5)15-11(2,3)7(16)17-4/h6H2,1-5H3,(H,12,13,14,15). The van der Waals surface area contributed by atoms with Crippen LogP contribution in [0.3, 0.4) is 0 Å². The second kappa shape index (κ2) is 6.55. The summed E-state index contributed by atoms with van der Waals surface area (Å²) in [5.74, 6) is 0.697. The maximum Gasteiger partial charge on any atom is 0.330 e. The van der Waals surface area contributed by atoms with E-state index in [1.165, 1.54) is 26.0 Å². The Labute approximate surface area is 116 Å². The van der Waals surface area contributed by atoms with Crippen LogP contribution < -0.4 is 10.1 Å². The van der Waals surface area contributed by atoms with E-state index in [4.69, 9.17) is 9.47 Å². The van der Waals surface area contributed by atoms with Gasteiger partial charge in [-0.05, 0) is 19.6 Å². The lowest BCUT2D eigenvalue weighted by molar-refractivity contribution is -0.144. The highest BCUT2D eigenvalue weighted by atomic mass is 32.2. The summed E-state index contributed by atoms with van der Waals surface area (Å²) < 4.78 is 9.72. The summed E-state index contributed by atoms with van der Waals surface area (Å²) in [7, 11) is 2.81. The second-order valence-corrected chi connectivity index (χ2v) is 5.33. The van der Waals surface area contributed by atoms with Crippen molar-refractivity contribution >= 4 is 23.7 Å². The van der Waals surface area contributed by atoms with Crippen molar-refractivity contribution in [1.29, 1.82) is 0 Å². The number of hydrogen-bond donors (Lipinski definition) is 1. The highest BCUT2D eigenvalue weighted by Gasteiger charge is 2.29. The van der Waals surface area contributed by atoms with Crippen LogP contribution in [0.2, 0.25) is 0 Å². The lowest BCUT2D eigenvalue weighted by Gasteiger charge is -2.23. The number of hydrogen-bond acceptors (Lipinski definition) is 8. The summed E-state index contributed by atoms with van der Waals surface area (Å²) >= 11 is 1.46. The lowest BCUT2D eigenvalue weighted by Crippen LogP contribution is -2.41. The third kappa shape index (κ3) is 4.23. The van der Waals surface area contributed by atoms with Crippen molar-refractivity contribution in [2.24, 2.45) is 0 Å². The quantitative estimate of drug-likeness (QED) is 0.619. The molecule has 1 rings (SSSR count). The largest absolute Gasteiger partial charge is 0.467 e. The average molecular weight is 286 g/mol. The number of aromatic nitrogens is 3. The van der Waals surface area contributed by atoms with Gasteiger partial charge in [-0.15, -0.1) is 0 Å². The van der Waals surface area contributed by atoms with Gasteiger partial charge in [0.15, 0.2) is 5.16 Å². The van der Waals surface area contributed by atoms with Crippen LogP contribution >= 0.6 is 11.8 Å². The van der Waals surface area contributed by atoms with Gasteiger partial charge in [-0.25, -0.2) is 4.79 Å². The van der Waals surface area contributed by atoms with E-state index in [1.807, 2.05) is 6.92 Å². The molecule has 1 aromatic rings. The Bertz CT molecular complexity index is 454. The van der Waals surface area contributed by atoms with Gasteiger partial charge in [0.1, 0.15) is 5.54 Å². The Balaban J connectivity index is 2.99. The highest BCUT2D eigenvalue weighted by molar-refractivity contribution is 7.99. The zero-order chi connectivity index (χ0) is 14.5. The third-order valence-corrected chi connectivity index (χ3v) is 2.90. The van der Waals surface area contributed by atoms with E-state index in [2.05, 4.69) is 20.3 Å². The predicted octanol–water partition coefficient (Wildman–Crippen LogP) is 1.36. The number of nitrogens with zero attached hydrogens (tertiary/aromatic N) is 3. The number of rotatable bonds is 6. The Morgan fingerprint density at radius 2 is 2.00 bits per heavy atom. The van der Waals surface area contributed by atoms with Crippen molar-refractivity contribution in [3.8, 4) is 6.01 Å². The molecule has 106 valence electrons. The van der Waals surface area contributed by atoms with E-state index in [0.717, 1.165) is 5.75 Å². The molecule has 0 unspecified atom stereocenters. The van der Waals surface area contributed by atoms with Crippen molar-refractivity contribution in [2.75, 3.05) is 25.3 Å². The number of ether oxygens (including phenoxy) is 2. The molecule has 1 aromatic heterocycles. The zero-order valence-corrected chi connectivity index (χ0v) is 12.5. The summed E-state index contributed by atoms with van der Waals surface area (Å²) in [6.07, 6.45) is 0. The second-order valence-electron chi connectivity index (χ2n) is 4.10. The van der Waals surface area contributed by atoms with Gasteiger partial charge in [-0.1, -0.05) is 18.7 Å². The number of carbonyl (C=O) groups is 1. The smallest absolute Gasteiger partial charge is 0.330 e. The Hall–Kier alpha value is -1.57. The van der Waals surface area contributed by atoms with Crippen molar-refractivity contribution < 1.29 is 14.3 Å². The Kier molecular flexibility index (Phi) is 5.34. The first-order chi connectivity index (χ1) is 8.92. The molecular weight excluding hydrogens is 268 g/mol. The lowest BCUT2D eigenvalue weighted by atomic mass is 10.1. The topological polar surface area (TPSA) is 86.2 Å². The molecule has 0 spiro atoms. The SMILES string of the molecule is CCSc1nc(NC(C)(C)C(=O)OC)nc(OC)n1. The number of nitrogens with one attached hydrogen (secondary N) is 1. The van der Waals surface area contributed by atoms with Gasteiger partial charge in [0.25, 0.3) is 0 Å². The molecule has 0 atom stereocenters. The fourth-order valence-corrected chi connectivity index (χ4v) is 1.82. The van der Waals surface area contributed by atoms with E-state index in [-0.39, 0.29) is 12.0 Å². The molecule has 0 aliphatic heterocycles. The fraction of sp³-hybridized carbons (Fsp3) is 0.636. The molecule has 0 fully saturated rings. The van der Waals surface area contributed by atoms with Crippen LogP contribution in [-0.4, -0.2) is 46.4 Å². The van der Waals surface area contributed by atoms with Gasteiger partial charge in [-0.2, -0.15) is 15.0 Å². The van der Waals surface area contributed by atoms with E-state index >= 15 is 0 Å². The highest BCUT2D eigenvalue weighted by Crippen LogP contribution is 2.19. The number of anilines is 1. The fourth-order valence-electron chi connectivity index (χ4n) is 1.26. The summed E-state index contributed by atoms with van der Waals surface area (Å²) in [5.41, 5.74) is -0.935. The molecule has 0 radical (unpaired) electrons. The van der Waals surface area contributed by atoms with Crippen molar-refractivity contribution in [1.82, 2.24) is 15.0 Å². The molecule has 0 amide bonds. The molecule has 19 heavy (non-hydrogen) atoms. The number of thioether (sulfide) groups is 1. The maximum atomic E-state index is 11.6. The molecule has 0 saturated heterocycles. The van der Waals surface area contributed by atoms with E-state index in [0.29, 0.717) is 5.16 Å². The maximum absolute atomic E-state index is 11.6. The third-order valence-electron chi connectivity index (χ3n) is 2.17. The molecule has 8 heteroatoms. The first-order valence-electron chi connectivity index (χ1n) is 5.72. The minimum absolute atomic E-state index is 0.203. The molecule has 1 heterocycles. The van der Waals surface area contributed by atoms with Gasteiger partial charge in [-0.3, -0.25) is 0 Å². The first kappa shape index (κ1) is 15.5. The summed E-state index contributed by atoms with van der Waals surface area (Å²) in [6.45, 7) is 5.36. The number of carbonyl (C=O) groups excluding carboxylic acids is 1. The van der Waals surface area contributed by atoms with E-state index in [9.17, 15) is 4.79 Å². The van der Waals surface area contributed by atoms with Crippen LogP contribution in [0.15, 0.2) is 5.16 Å².